The molecule has 1 saturated carbocycles. The van der Waals surface area contributed by atoms with Crippen molar-refractivity contribution in [1.82, 2.24) is 10.2 Å². The summed E-state index contributed by atoms with van der Waals surface area (Å²) < 4.78 is 0. The van der Waals surface area contributed by atoms with Crippen LogP contribution in [0.1, 0.15) is 58.3 Å². The van der Waals surface area contributed by atoms with Gasteiger partial charge >= 0.3 is 0 Å². The zero-order valence-corrected chi connectivity index (χ0v) is 14.4. The Morgan fingerprint density at radius 1 is 1.10 bits per heavy atom. The average molecular weight is 299 g/mol. The van der Waals surface area contributed by atoms with Gasteiger partial charge < -0.3 is 5.32 Å². The Morgan fingerprint density at radius 2 is 1.90 bits per heavy atom. The van der Waals surface area contributed by atoms with Crippen molar-refractivity contribution in [3.63, 3.8) is 0 Å². The van der Waals surface area contributed by atoms with Gasteiger partial charge in [-0.2, -0.15) is 11.8 Å². The maximum atomic E-state index is 3.83. The molecule has 0 radical (unpaired) electrons. The van der Waals surface area contributed by atoms with Crippen LogP contribution in [0.15, 0.2) is 0 Å². The number of thioether (sulfide) groups is 1. The third kappa shape index (κ3) is 5.23. The van der Waals surface area contributed by atoms with E-state index in [0.717, 1.165) is 18.0 Å². The van der Waals surface area contributed by atoms with Crippen LogP contribution in [0.4, 0.5) is 0 Å². The van der Waals surface area contributed by atoms with Crippen molar-refractivity contribution in [2.45, 2.75) is 70.4 Å². The molecule has 1 aliphatic carbocycles. The molecule has 0 aromatic heterocycles. The Labute approximate surface area is 130 Å². The highest BCUT2D eigenvalue weighted by molar-refractivity contribution is 7.98. The van der Waals surface area contributed by atoms with Crippen molar-refractivity contribution in [3.8, 4) is 0 Å². The first-order chi connectivity index (χ1) is 9.81. The molecule has 1 aliphatic heterocycles. The highest BCUT2D eigenvalue weighted by Gasteiger charge is 2.30. The fraction of sp³-hybridized carbons (Fsp3) is 1.00. The molecular weight excluding hydrogens is 264 g/mol. The minimum absolute atomic E-state index is 0.732. The van der Waals surface area contributed by atoms with Crippen molar-refractivity contribution < 1.29 is 0 Å². The minimum atomic E-state index is 0.732. The number of rotatable bonds is 7. The number of nitrogens with one attached hydrogen (secondary N) is 1. The van der Waals surface area contributed by atoms with Crippen molar-refractivity contribution in [1.29, 1.82) is 0 Å². The molecule has 0 spiro atoms. The summed E-state index contributed by atoms with van der Waals surface area (Å²) in [5.74, 6) is 2.29. The van der Waals surface area contributed by atoms with Gasteiger partial charge in [-0.1, -0.05) is 25.7 Å². The maximum absolute atomic E-state index is 3.83. The average Bonchev–Trinajstić information content (AvgIpc) is 2.49. The lowest BCUT2D eigenvalue weighted by atomic mass is 9.82. The second kappa shape index (κ2) is 9.32. The molecule has 0 amide bonds. The van der Waals surface area contributed by atoms with Crippen LogP contribution in [0, 0.1) is 5.92 Å². The lowest BCUT2D eigenvalue weighted by molar-refractivity contribution is 0.103. The van der Waals surface area contributed by atoms with Crippen LogP contribution >= 0.6 is 11.8 Å². The largest absolute Gasteiger partial charge is 0.311 e. The molecule has 3 heteroatoms. The zero-order valence-electron chi connectivity index (χ0n) is 13.6. The summed E-state index contributed by atoms with van der Waals surface area (Å²) in [7, 11) is 0. The third-order valence-electron chi connectivity index (χ3n) is 5.24. The molecule has 2 nitrogen and oxygen atoms in total. The van der Waals surface area contributed by atoms with Crippen LogP contribution in [0.25, 0.3) is 0 Å². The first-order valence-electron chi connectivity index (χ1n) is 8.77. The molecule has 2 aliphatic rings. The molecule has 0 bridgehead atoms. The Bertz CT molecular complexity index is 253. The van der Waals surface area contributed by atoms with Crippen molar-refractivity contribution in [3.05, 3.63) is 0 Å². The number of piperazine rings is 1. The highest BCUT2D eigenvalue weighted by Crippen LogP contribution is 2.28. The smallest absolute Gasteiger partial charge is 0.0224 e. The Kier molecular flexibility index (Phi) is 7.75. The number of hydrogen-bond donors (Lipinski definition) is 1. The molecule has 20 heavy (non-hydrogen) atoms. The Balaban J connectivity index is 1.70. The van der Waals surface area contributed by atoms with Crippen molar-refractivity contribution in [2.75, 3.05) is 31.6 Å². The lowest BCUT2D eigenvalue weighted by Gasteiger charge is -2.43. The van der Waals surface area contributed by atoms with Gasteiger partial charge in [0.1, 0.15) is 0 Å². The van der Waals surface area contributed by atoms with E-state index in [1.807, 2.05) is 11.8 Å². The maximum Gasteiger partial charge on any atom is 0.0224 e. The predicted octanol–water partition coefficient (Wildman–Crippen LogP) is 3.76. The first-order valence-corrected chi connectivity index (χ1v) is 10.2. The van der Waals surface area contributed by atoms with E-state index in [-0.39, 0.29) is 0 Å². The summed E-state index contributed by atoms with van der Waals surface area (Å²) in [6.45, 7) is 6.22. The van der Waals surface area contributed by atoms with Gasteiger partial charge in [-0.25, -0.2) is 0 Å². The number of nitrogens with zero attached hydrogens (tertiary/aromatic N) is 1. The van der Waals surface area contributed by atoms with Gasteiger partial charge in [-0.05, 0) is 57.1 Å². The summed E-state index contributed by atoms with van der Waals surface area (Å²) in [5.41, 5.74) is 0. The quantitative estimate of drug-likeness (QED) is 0.720. The van der Waals surface area contributed by atoms with Gasteiger partial charge in [0.15, 0.2) is 0 Å². The van der Waals surface area contributed by atoms with Crippen molar-refractivity contribution >= 4 is 11.8 Å². The number of unbranched alkanes of at least 4 members (excludes halogenated alkanes) is 2. The van der Waals surface area contributed by atoms with Crippen molar-refractivity contribution in [2.24, 2.45) is 5.92 Å². The molecule has 2 atom stereocenters. The Morgan fingerprint density at radius 3 is 2.65 bits per heavy atom. The van der Waals surface area contributed by atoms with E-state index in [1.165, 1.54) is 76.8 Å². The van der Waals surface area contributed by atoms with E-state index in [4.69, 9.17) is 0 Å². The third-order valence-corrected chi connectivity index (χ3v) is 5.94. The fourth-order valence-corrected chi connectivity index (χ4v) is 4.34. The van der Waals surface area contributed by atoms with E-state index in [1.54, 1.807) is 0 Å². The van der Waals surface area contributed by atoms with Gasteiger partial charge in [-0.15, -0.1) is 0 Å². The van der Waals surface area contributed by atoms with Crippen LogP contribution < -0.4 is 5.32 Å². The summed E-state index contributed by atoms with van der Waals surface area (Å²) in [6, 6.07) is 1.51. The van der Waals surface area contributed by atoms with Gasteiger partial charge in [-0.3, -0.25) is 4.90 Å². The van der Waals surface area contributed by atoms with Gasteiger partial charge in [0, 0.05) is 25.2 Å². The SMILES string of the molecule is CSCCCCCN1CC(C2CCCCC2)NCC1C. The van der Waals surface area contributed by atoms with E-state index in [9.17, 15) is 0 Å². The number of hydrogen-bond acceptors (Lipinski definition) is 3. The Hall–Kier alpha value is 0.270. The second-order valence-electron chi connectivity index (χ2n) is 6.81. The van der Waals surface area contributed by atoms with Crippen LogP contribution in [-0.2, 0) is 0 Å². The molecule has 1 N–H and O–H groups in total. The van der Waals surface area contributed by atoms with Gasteiger partial charge in [0.05, 0.1) is 0 Å². The topological polar surface area (TPSA) is 15.3 Å². The molecule has 1 saturated heterocycles. The normalized spacial score (nSPS) is 29.7. The second-order valence-corrected chi connectivity index (χ2v) is 7.80. The molecular formula is C17H34N2S. The molecule has 118 valence electrons. The van der Waals surface area contributed by atoms with Crippen LogP contribution in [0.3, 0.4) is 0 Å². The first kappa shape index (κ1) is 16.6. The van der Waals surface area contributed by atoms with Crippen LogP contribution in [0.2, 0.25) is 0 Å². The minimum Gasteiger partial charge on any atom is -0.311 e. The molecule has 2 fully saturated rings. The predicted molar refractivity (Wildman–Crippen MR) is 91.6 cm³/mol. The zero-order chi connectivity index (χ0) is 14.2. The van der Waals surface area contributed by atoms with Crippen LogP contribution in [0.5, 0.6) is 0 Å². The molecule has 2 rings (SSSR count). The van der Waals surface area contributed by atoms with E-state index in [0.29, 0.717) is 0 Å². The van der Waals surface area contributed by atoms with E-state index in [2.05, 4.69) is 23.4 Å². The monoisotopic (exact) mass is 298 g/mol. The van der Waals surface area contributed by atoms with Gasteiger partial charge in [0.2, 0.25) is 0 Å². The van der Waals surface area contributed by atoms with E-state index < -0.39 is 0 Å². The summed E-state index contributed by atoms with van der Waals surface area (Å²) in [4.78, 5) is 2.76. The summed E-state index contributed by atoms with van der Waals surface area (Å²) >= 11 is 1.98. The summed E-state index contributed by atoms with van der Waals surface area (Å²) in [5, 5.41) is 3.83. The van der Waals surface area contributed by atoms with Gasteiger partial charge in [0.25, 0.3) is 0 Å². The van der Waals surface area contributed by atoms with E-state index >= 15 is 0 Å². The molecule has 0 aromatic carbocycles. The fourth-order valence-electron chi connectivity index (χ4n) is 3.85. The molecule has 0 aromatic rings. The highest BCUT2D eigenvalue weighted by atomic mass is 32.2. The lowest BCUT2D eigenvalue weighted by Crippen LogP contribution is -2.58. The molecule has 2 unspecified atom stereocenters. The summed E-state index contributed by atoms with van der Waals surface area (Å²) in [6.07, 6.45) is 13.7. The molecule has 1 heterocycles. The standard InChI is InChI=1S/C17H34N2S/c1-15-13-18-17(16-9-5-3-6-10-16)14-19(15)11-7-4-8-12-20-2/h15-18H,3-14H2,1-2H3. The van der Waals surface area contributed by atoms with Crippen LogP contribution in [-0.4, -0.2) is 48.6 Å².